The molecule has 1 aliphatic carbocycles. The summed E-state index contributed by atoms with van der Waals surface area (Å²) in [5.74, 6) is 0.715. The summed E-state index contributed by atoms with van der Waals surface area (Å²) in [6.45, 7) is 4.08. The molecule has 0 atom stereocenters. The zero-order valence-corrected chi connectivity index (χ0v) is 17.3. The third-order valence-electron chi connectivity index (χ3n) is 4.69. The molecule has 0 fully saturated rings. The fourth-order valence-corrected chi connectivity index (χ4v) is 4.80. The summed E-state index contributed by atoms with van der Waals surface area (Å²) < 4.78 is 34.5. The van der Waals surface area contributed by atoms with Gasteiger partial charge in [0.2, 0.25) is 0 Å². The molecule has 7 heteroatoms. The Hall–Kier alpha value is -2.12. The van der Waals surface area contributed by atoms with E-state index in [1.54, 1.807) is 30.3 Å². The summed E-state index contributed by atoms with van der Waals surface area (Å²) in [7, 11) is -3.72. The summed E-state index contributed by atoms with van der Waals surface area (Å²) in [4.78, 5) is 12.8. The molecule has 1 N–H and O–H groups in total. The van der Waals surface area contributed by atoms with Crippen molar-refractivity contribution in [2.45, 2.75) is 31.6 Å². The molecular weight excluding hydrogens is 430 g/mol. The number of sulfonamides is 1. The molecule has 0 amide bonds. The van der Waals surface area contributed by atoms with Crippen LogP contribution in [0.15, 0.2) is 56.2 Å². The monoisotopic (exact) mass is 447 g/mol. The third kappa shape index (κ3) is 3.41. The van der Waals surface area contributed by atoms with Crippen LogP contribution in [0, 0.1) is 5.41 Å². The number of halogens is 1. The molecule has 1 aliphatic rings. The van der Waals surface area contributed by atoms with E-state index in [9.17, 15) is 13.2 Å². The molecule has 5 nitrogen and oxygen atoms in total. The van der Waals surface area contributed by atoms with Crippen LogP contribution >= 0.6 is 15.9 Å². The van der Waals surface area contributed by atoms with E-state index in [4.69, 9.17) is 4.42 Å². The van der Waals surface area contributed by atoms with Crippen molar-refractivity contribution in [3.8, 4) is 0 Å². The molecule has 140 valence electrons. The number of anilines is 1. The van der Waals surface area contributed by atoms with E-state index in [0.29, 0.717) is 40.8 Å². The first kappa shape index (κ1) is 18.3. The van der Waals surface area contributed by atoms with Crippen molar-refractivity contribution in [3.63, 3.8) is 0 Å². The molecule has 1 aromatic heterocycles. The van der Waals surface area contributed by atoms with Gasteiger partial charge in [-0.05, 0) is 47.9 Å². The molecule has 0 spiro atoms. The molecular formula is C20H18BrNO4S. The van der Waals surface area contributed by atoms with Gasteiger partial charge in [0.25, 0.3) is 10.0 Å². The van der Waals surface area contributed by atoms with E-state index in [0.717, 1.165) is 4.47 Å². The lowest BCUT2D eigenvalue weighted by molar-refractivity contribution is 0.0906. The predicted octanol–water partition coefficient (Wildman–Crippen LogP) is 5.15. The van der Waals surface area contributed by atoms with Crippen LogP contribution in [0.1, 0.15) is 36.4 Å². The van der Waals surface area contributed by atoms with Gasteiger partial charge in [-0.2, -0.15) is 0 Å². The molecule has 0 saturated heterocycles. The van der Waals surface area contributed by atoms with Gasteiger partial charge in [-0.15, -0.1) is 0 Å². The second-order valence-corrected chi connectivity index (χ2v) is 10.2. The fraction of sp³-hybridized carbons (Fsp3) is 0.250. The number of hydrogen-bond acceptors (Lipinski definition) is 4. The second kappa shape index (κ2) is 6.21. The maximum Gasteiger partial charge on any atom is 0.261 e. The van der Waals surface area contributed by atoms with Crippen molar-refractivity contribution < 1.29 is 17.6 Å². The SMILES string of the molecule is CC1(C)CC(=O)c2c(oc3ccc(NS(=O)(=O)c4ccc(Br)cc4)cc23)C1. The number of benzene rings is 2. The van der Waals surface area contributed by atoms with Gasteiger partial charge in [0.1, 0.15) is 11.3 Å². The lowest BCUT2D eigenvalue weighted by Gasteiger charge is -2.27. The number of ketones is 1. The molecule has 0 unspecified atom stereocenters. The van der Waals surface area contributed by atoms with Gasteiger partial charge < -0.3 is 4.42 Å². The van der Waals surface area contributed by atoms with Crippen LogP contribution in [-0.2, 0) is 16.4 Å². The largest absolute Gasteiger partial charge is 0.460 e. The van der Waals surface area contributed by atoms with Gasteiger partial charge in [0.15, 0.2) is 5.78 Å². The Labute approximate surface area is 165 Å². The smallest absolute Gasteiger partial charge is 0.261 e. The number of rotatable bonds is 3. The Morgan fingerprint density at radius 3 is 2.48 bits per heavy atom. The van der Waals surface area contributed by atoms with E-state index in [-0.39, 0.29) is 16.1 Å². The van der Waals surface area contributed by atoms with Crippen LogP contribution in [0.5, 0.6) is 0 Å². The Balaban J connectivity index is 1.73. The quantitative estimate of drug-likeness (QED) is 0.601. The molecule has 0 saturated carbocycles. The summed E-state index contributed by atoms with van der Waals surface area (Å²) in [5.41, 5.74) is 1.43. The minimum atomic E-state index is -3.72. The summed E-state index contributed by atoms with van der Waals surface area (Å²) in [6, 6.07) is 11.4. The maximum absolute atomic E-state index is 12.6. The first-order valence-electron chi connectivity index (χ1n) is 8.52. The number of Topliss-reactive ketones (excluding diaryl/α,β-unsaturated/α-hetero) is 1. The average Bonchev–Trinajstić information content (AvgIpc) is 2.91. The second-order valence-electron chi connectivity index (χ2n) is 7.61. The topological polar surface area (TPSA) is 76.4 Å². The Morgan fingerprint density at radius 2 is 1.78 bits per heavy atom. The number of furan rings is 1. The number of hydrogen-bond donors (Lipinski definition) is 1. The Morgan fingerprint density at radius 1 is 1.07 bits per heavy atom. The molecule has 4 rings (SSSR count). The van der Waals surface area contributed by atoms with Gasteiger partial charge in [-0.1, -0.05) is 29.8 Å². The highest BCUT2D eigenvalue weighted by molar-refractivity contribution is 9.10. The Kier molecular flexibility index (Phi) is 4.20. The van der Waals surface area contributed by atoms with Gasteiger partial charge in [-0.3, -0.25) is 9.52 Å². The minimum Gasteiger partial charge on any atom is -0.460 e. The summed E-state index contributed by atoms with van der Waals surface area (Å²) in [6.07, 6.45) is 1.13. The van der Waals surface area contributed by atoms with Crippen LogP contribution in [-0.4, -0.2) is 14.2 Å². The average molecular weight is 448 g/mol. The lowest BCUT2D eigenvalue weighted by Crippen LogP contribution is -2.25. The molecule has 2 aromatic carbocycles. The molecule has 27 heavy (non-hydrogen) atoms. The summed E-state index contributed by atoms with van der Waals surface area (Å²) >= 11 is 3.29. The first-order valence-corrected chi connectivity index (χ1v) is 10.8. The molecule has 1 heterocycles. The number of fused-ring (bicyclic) bond motifs is 3. The van der Waals surface area contributed by atoms with E-state index in [1.807, 2.05) is 13.8 Å². The molecule has 0 radical (unpaired) electrons. The fourth-order valence-electron chi connectivity index (χ4n) is 3.49. The van der Waals surface area contributed by atoms with Gasteiger partial charge >= 0.3 is 0 Å². The summed E-state index contributed by atoms with van der Waals surface area (Å²) in [5, 5.41) is 0.654. The van der Waals surface area contributed by atoms with Crippen LogP contribution in [0.2, 0.25) is 0 Å². The molecule has 0 bridgehead atoms. The van der Waals surface area contributed by atoms with E-state index >= 15 is 0 Å². The highest BCUT2D eigenvalue weighted by Gasteiger charge is 2.35. The van der Waals surface area contributed by atoms with Crippen molar-refractivity contribution in [3.05, 3.63) is 58.3 Å². The number of nitrogens with one attached hydrogen (secondary N) is 1. The molecule has 3 aromatic rings. The zero-order valence-electron chi connectivity index (χ0n) is 14.9. The minimum absolute atomic E-state index is 0.0351. The standard InChI is InChI=1S/C20H18BrNO4S/c1-20(2)10-16(23)19-15-9-13(5-8-17(15)26-18(19)11-20)22-27(24,25)14-6-3-12(21)4-7-14/h3-9,22H,10-11H2,1-2H3. The predicted molar refractivity (Wildman–Crippen MR) is 108 cm³/mol. The molecule has 0 aliphatic heterocycles. The van der Waals surface area contributed by atoms with E-state index < -0.39 is 10.0 Å². The first-order chi connectivity index (χ1) is 12.6. The zero-order chi connectivity index (χ0) is 19.4. The highest BCUT2D eigenvalue weighted by Crippen LogP contribution is 2.40. The van der Waals surface area contributed by atoms with Crippen molar-refractivity contribution >= 4 is 48.4 Å². The number of carbonyl (C=O) groups is 1. The van der Waals surface area contributed by atoms with Crippen molar-refractivity contribution in [2.75, 3.05) is 4.72 Å². The maximum atomic E-state index is 12.6. The van der Waals surface area contributed by atoms with Crippen LogP contribution in [0.3, 0.4) is 0 Å². The third-order valence-corrected chi connectivity index (χ3v) is 6.62. The normalized spacial score (nSPS) is 16.3. The highest BCUT2D eigenvalue weighted by atomic mass is 79.9. The van der Waals surface area contributed by atoms with Crippen molar-refractivity contribution in [2.24, 2.45) is 5.41 Å². The van der Waals surface area contributed by atoms with Crippen LogP contribution in [0.4, 0.5) is 5.69 Å². The number of carbonyl (C=O) groups excluding carboxylic acids is 1. The van der Waals surface area contributed by atoms with Crippen LogP contribution < -0.4 is 4.72 Å². The van der Waals surface area contributed by atoms with E-state index in [2.05, 4.69) is 20.7 Å². The van der Waals surface area contributed by atoms with Gasteiger partial charge in [0, 0.05) is 28.4 Å². The van der Waals surface area contributed by atoms with Crippen LogP contribution in [0.25, 0.3) is 11.0 Å². The Bertz CT molecular complexity index is 1160. The van der Waals surface area contributed by atoms with Crippen molar-refractivity contribution in [1.82, 2.24) is 0 Å². The van der Waals surface area contributed by atoms with Crippen molar-refractivity contribution in [1.29, 1.82) is 0 Å². The van der Waals surface area contributed by atoms with Gasteiger partial charge in [-0.25, -0.2) is 8.42 Å². The van der Waals surface area contributed by atoms with E-state index in [1.165, 1.54) is 12.1 Å². The van der Waals surface area contributed by atoms with Gasteiger partial charge in [0.05, 0.1) is 10.5 Å². The lowest BCUT2D eigenvalue weighted by atomic mass is 9.76.